The molecule has 7 nitrogen and oxygen atoms in total. The second-order valence-electron chi connectivity index (χ2n) is 5.89. The molecule has 2 aromatic rings. The summed E-state index contributed by atoms with van der Waals surface area (Å²) in [6.45, 7) is 3.51. The molecule has 1 atom stereocenters. The van der Waals surface area contributed by atoms with Gasteiger partial charge in [-0.05, 0) is 18.9 Å². The highest BCUT2D eigenvalue weighted by atomic mass is 16.5. The highest BCUT2D eigenvalue weighted by molar-refractivity contribution is 5.94. The first-order chi connectivity index (χ1) is 10.2. The van der Waals surface area contributed by atoms with Crippen LogP contribution in [-0.2, 0) is 4.74 Å². The molecule has 4 heterocycles. The Hall–Kier alpha value is -2.15. The summed E-state index contributed by atoms with van der Waals surface area (Å²) < 4.78 is 7.03. The van der Waals surface area contributed by atoms with Crippen molar-refractivity contribution in [2.24, 2.45) is 5.41 Å². The molecule has 0 radical (unpaired) electrons. The Kier molecular flexibility index (Phi) is 2.65. The van der Waals surface area contributed by atoms with Gasteiger partial charge >= 0.3 is 5.97 Å². The molecule has 1 N–H and O–H groups in total. The maximum absolute atomic E-state index is 11.2. The van der Waals surface area contributed by atoms with Gasteiger partial charge in [-0.15, -0.1) is 0 Å². The van der Waals surface area contributed by atoms with Crippen LogP contribution in [0.2, 0.25) is 0 Å². The number of aromatic nitrogens is 3. The lowest BCUT2D eigenvalue weighted by Crippen LogP contribution is -2.28. The van der Waals surface area contributed by atoms with E-state index < -0.39 is 5.97 Å². The van der Waals surface area contributed by atoms with Crippen molar-refractivity contribution in [1.29, 1.82) is 0 Å². The maximum atomic E-state index is 11.2. The predicted molar refractivity (Wildman–Crippen MR) is 74.6 cm³/mol. The van der Waals surface area contributed by atoms with E-state index in [1.165, 1.54) is 10.7 Å². The molecule has 4 rings (SSSR count). The Morgan fingerprint density at radius 2 is 2.33 bits per heavy atom. The van der Waals surface area contributed by atoms with Gasteiger partial charge in [-0.1, -0.05) is 0 Å². The lowest BCUT2D eigenvalue weighted by molar-refractivity contribution is 0.0699. The number of carboxylic acid groups (broad SMARTS) is 1. The number of carboxylic acids is 1. The van der Waals surface area contributed by atoms with Crippen molar-refractivity contribution in [1.82, 2.24) is 14.6 Å². The highest BCUT2D eigenvalue weighted by Crippen LogP contribution is 2.39. The summed E-state index contributed by atoms with van der Waals surface area (Å²) in [6.07, 6.45) is 5.30. The van der Waals surface area contributed by atoms with Crippen LogP contribution in [0.1, 0.15) is 23.2 Å². The lowest BCUT2D eigenvalue weighted by atomic mass is 9.87. The topological polar surface area (TPSA) is 80.0 Å². The molecule has 21 heavy (non-hydrogen) atoms. The Balaban J connectivity index is 1.68. The second kappa shape index (κ2) is 4.42. The zero-order chi connectivity index (χ0) is 14.4. The number of nitrogens with zero attached hydrogens (tertiary/aromatic N) is 4. The minimum absolute atomic E-state index is 0.134. The third kappa shape index (κ3) is 1.96. The van der Waals surface area contributed by atoms with Crippen molar-refractivity contribution >= 4 is 17.4 Å². The number of anilines is 1. The number of carbonyl (C=O) groups is 1. The fourth-order valence-corrected chi connectivity index (χ4v) is 3.29. The fraction of sp³-hybridized carbons (Fsp3) is 0.500. The summed E-state index contributed by atoms with van der Waals surface area (Å²) in [6, 6.07) is 1.89. The van der Waals surface area contributed by atoms with Gasteiger partial charge in [0.15, 0.2) is 5.65 Å². The van der Waals surface area contributed by atoms with Gasteiger partial charge in [0.2, 0.25) is 0 Å². The van der Waals surface area contributed by atoms with E-state index in [1.54, 1.807) is 6.20 Å². The van der Waals surface area contributed by atoms with E-state index in [-0.39, 0.29) is 11.0 Å². The average Bonchev–Trinajstić information content (AvgIpc) is 3.19. The van der Waals surface area contributed by atoms with E-state index in [0.717, 1.165) is 45.0 Å². The zero-order valence-corrected chi connectivity index (χ0v) is 11.5. The molecule has 0 saturated carbocycles. The van der Waals surface area contributed by atoms with Crippen molar-refractivity contribution in [3.63, 3.8) is 0 Å². The predicted octanol–water partition coefficient (Wildman–Crippen LogP) is 1.04. The molecule has 2 saturated heterocycles. The average molecular weight is 288 g/mol. The van der Waals surface area contributed by atoms with Crippen molar-refractivity contribution in [2.45, 2.75) is 12.8 Å². The molecule has 110 valence electrons. The smallest absolute Gasteiger partial charge is 0.341 e. The number of hydrogen-bond donors (Lipinski definition) is 1. The van der Waals surface area contributed by atoms with Crippen molar-refractivity contribution in [3.05, 3.63) is 24.0 Å². The fourth-order valence-electron chi connectivity index (χ4n) is 3.29. The number of rotatable bonds is 2. The van der Waals surface area contributed by atoms with Gasteiger partial charge < -0.3 is 14.7 Å². The summed E-state index contributed by atoms with van der Waals surface area (Å²) in [5.41, 5.74) is 0.780. The lowest BCUT2D eigenvalue weighted by Gasteiger charge is -2.22. The van der Waals surface area contributed by atoms with Gasteiger partial charge in [0.25, 0.3) is 0 Å². The Bertz CT molecular complexity index is 705. The second-order valence-corrected chi connectivity index (χ2v) is 5.89. The first-order valence-electron chi connectivity index (χ1n) is 7.07. The van der Waals surface area contributed by atoms with Gasteiger partial charge in [0.05, 0.1) is 12.8 Å². The molecule has 1 unspecified atom stereocenters. The van der Waals surface area contributed by atoms with Crippen LogP contribution in [0.3, 0.4) is 0 Å². The van der Waals surface area contributed by atoms with Crippen LogP contribution in [0, 0.1) is 5.41 Å². The van der Waals surface area contributed by atoms with Gasteiger partial charge in [-0.25, -0.2) is 14.3 Å². The molecule has 7 heteroatoms. The van der Waals surface area contributed by atoms with Gasteiger partial charge in [-0.3, -0.25) is 0 Å². The quantitative estimate of drug-likeness (QED) is 0.889. The Morgan fingerprint density at radius 3 is 3.10 bits per heavy atom. The molecule has 0 aliphatic carbocycles. The summed E-state index contributed by atoms with van der Waals surface area (Å²) in [7, 11) is 0. The minimum Gasteiger partial charge on any atom is -0.477 e. The normalized spacial score (nSPS) is 25.2. The van der Waals surface area contributed by atoms with Crippen molar-refractivity contribution in [2.75, 3.05) is 31.2 Å². The van der Waals surface area contributed by atoms with E-state index in [0.29, 0.717) is 5.65 Å². The van der Waals surface area contributed by atoms with Crippen LogP contribution in [0.5, 0.6) is 0 Å². The minimum atomic E-state index is -1.00. The van der Waals surface area contributed by atoms with E-state index in [2.05, 4.69) is 15.0 Å². The first-order valence-corrected chi connectivity index (χ1v) is 7.07. The van der Waals surface area contributed by atoms with E-state index >= 15 is 0 Å². The number of fused-ring (bicyclic) bond motifs is 1. The molecule has 2 aromatic heterocycles. The monoisotopic (exact) mass is 288 g/mol. The van der Waals surface area contributed by atoms with Crippen LogP contribution >= 0.6 is 0 Å². The molecule has 1 spiro atoms. The first kappa shape index (κ1) is 12.6. The van der Waals surface area contributed by atoms with E-state index in [1.807, 2.05) is 6.07 Å². The van der Waals surface area contributed by atoms with E-state index in [9.17, 15) is 9.90 Å². The van der Waals surface area contributed by atoms with Crippen LogP contribution in [0.25, 0.3) is 5.65 Å². The van der Waals surface area contributed by atoms with E-state index in [4.69, 9.17) is 4.74 Å². The van der Waals surface area contributed by atoms with Crippen LogP contribution in [-0.4, -0.2) is 52.0 Å². The molecule has 0 bridgehead atoms. The molecular formula is C14H16N4O3. The molecule has 2 fully saturated rings. The summed E-state index contributed by atoms with van der Waals surface area (Å²) in [5.74, 6) is -0.189. The molecule has 0 amide bonds. The van der Waals surface area contributed by atoms with Crippen LogP contribution in [0.15, 0.2) is 18.5 Å². The molecule has 2 aliphatic heterocycles. The highest BCUT2D eigenvalue weighted by Gasteiger charge is 2.41. The standard InChI is InChI=1S/C14H16N4O3/c19-13(20)10-7-15-18-4-1-11(16-12(10)18)17-5-2-14(8-17)3-6-21-9-14/h1,4,7H,2-3,5-6,8-9H2,(H,19,20). The number of ether oxygens (including phenoxy) is 1. The van der Waals surface area contributed by atoms with Gasteiger partial charge in [-0.2, -0.15) is 5.10 Å². The SMILES string of the molecule is O=C(O)c1cnn2ccc(N3CCC4(CCOC4)C3)nc12. The van der Waals surface area contributed by atoms with Crippen molar-refractivity contribution in [3.8, 4) is 0 Å². The third-order valence-corrected chi connectivity index (χ3v) is 4.53. The summed E-state index contributed by atoms with van der Waals surface area (Å²) in [4.78, 5) is 17.9. The Labute approximate surface area is 121 Å². The largest absolute Gasteiger partial charge is 0.477 e. The van der Waals surface area contributed by atoms with Crippen molar-refractivity contribution < 1.29 is 14.6 Å². The van der Waals surface area contributed by atoms with Gasteiger partial charge in [0, 0.05) is 31.3 Å². The number of hydrogen-bond acceptors (Lipinski definition) is 5. The maximum Gasteiger partial charge on any atom is 0.341 e. The van der Waals surface area contributed by atoms with Crippen LogP contribution in [0.4, 0.5) is 5.82 Å². The van der Waals surface area contributed by atoms with Gasteiger partial charge in [0.1, 0.15) is 11.4 Å². The zero-order valence-electron chi connectivity index (χ0n) is 11.5. The Morgan fingerprint density at radius 1 is 1.43 bits per heavy atom. The molecule has 0 aromatic carbocycles. The summed E-state index contributed by atoms with van der Waals surface area (Å²) >= 11 is 0. The third-order valence-electron chi connectivity index (χ3n) is 4.53. The summed E-state index contributed by atoms with van der Waals surface area (Å²) in [5, 5.41) is 13.2. The van der Waals surface area contributed by atoms with Crippen LogP contribution < -0.4 is 4.90 Å². The molecule has 2 aliphatic rings. The number of aromatic carboxylic acids is 1. The molecular weight excluding hydrogens is 272 g/mol.